The van der Waals surface area contributed by atoms with E-state index >= 15 is 0 Å². The van der Waals surface area contributed by atoms with E-state index in [0.717, 1.165) is 22.0 Å². The van der Waals surface area contributed by atoms with E-state index in [0.29, 0.717) is 5.56 Å². The number of carbonyl (C=O) groups is 2. The lowest BCUT2D eigenvalue weighted by Crippen LogP contribution is -2.58. The number of hydrogen-bond donors (Lipinski definition) is 3. The lowest BCUT2D eigenvalue weighted by atomic mass is 9.91. The van der Waals surface area contributed by atoms with E-state index in [1.807, 2.05) is 67.7 Å². The average Bonchev–Trinajstić information content (AvgIpc) is 3.25. The van der Waals surface area contributed by atoms with Crippen LogP contribution < -0.4 is 10.6 Å². The first kappa shape index (κ1) is 24.0. The Balaban J connectivity index is 1.54. The second kappa shape index (κ2) is 10.4. The fourth-order valence-electron chi connectivity index (χ4n) is 4.06. The molecule has 2 atom stereocenters. The van der Waals surface area contributed by atoms with Gasteiger partial charge in [-0.2, -0.15) is 0 Å². The molecule has 2 amide bonds. The SMILES string of the molecule is C[C@@H](NC(=O)[C@@](C)(Cc1c[nH]c2ccccc12)NC(=O)OCc1cccc(F)c1)c1ccccc1. The van der Waals surface area contributed by atoms with Crippen molar-refractivity contribution in [2.24, 2.45) is 0 Å². The van der Waals surface area contributed by atoms with Crippen LogP contribution in [0.3, 0.4) is 0 Å². The van der Waals surface area contributed by atoms with E-state index < -0.39 is 17.4 Å². The lowest BCUT2D eigenvalue weighted by Gasteiger charge is -2.31. The summed E-state index contributed by atoms with van der Waals surface area (Å²) in [5, 5.41) is 6.74. The molecule has 0 aliphatic rings. The zero-order valence-corrected chi connectivity index (χ0v) is 19.7. The molecule has 35 heavy (non-hydrogen) atoms. The largest absolute Gasteiger partial charge is 0.445 e. The van der Waals surface area contributed by atoms with E-state index in [9.17, 15) is 14.0 Å². The Kier molecular flexibility index (Phi) is 7.15. The summed E-state index contributed by atoms with van der Waals surface area (Å²) < 4.78 is 18.8. The maximum Gasteiger partial charge on any atom is 0.408 e. The maximum atomic E-state index is 13.5. The number of rotatable bonds is 8. The zero-order chi connectivity index (χ0) is 24.8. The Morgan fingerprint density at radius 3 is 2.54 bits per heavy atom. The molecule has 3 aromatic carbocycles. The van der Waals surface area contributed by atoms with E-state index in [1.165, 1.54) is 12.1 Å². The summed E-state index contributed by atoms with van der Waals surface area (Å²) in [6, 6.07) is 22.9. The first-order valence-corrected chi connectivity index (χ1v) is 11.4. The number of carbonyl (C=O) groups excluding carboxylic acids is 2. The van der Waals surface area contributed by atoms with Crippen LogP contribution in [-0.4, -0.2) is 22.5 Å². The number of ether oxygens (including phenoxy) is 1. The molecule has 0 spiro atoms. The molecule has 1 heterocycles. The Hall–Kier alpha value is -4.13. The zero-order valence-electron chi connectivity index (χ0n) is 19.7. The predicted octanol–water partition coefficient (Wildman–Crippen LogP) is 5.41. The second-order valence-corrected chi connectivity index (χ2v) is 8.81. The Morgan fingerprint density at radius 2 is 1.77 bits per heavy atom. The number of benzene rings is 3. The van der Waals surface area contributed by atoms with Gasteiger partial charge < -0.3 is 20.4 Å². The van der Waals surface area contributed by atoms with Crippen LogP contribution in [0.4, 0.5) is 9.18 Å². The molecule has 3 N–H and O–H groups in total. The highest BCUT2D eigenvalue weighted by Crippen LogP contribution is 2.24. The standard InChI is InChI=1S/C28H28FN3O3/c1-19(21-10-4-3-5-11-21)31-26(33)28(2,16-22-17-30-25-14-7-6-13-24(22)25)32-27(34)35-18-20-9-8-12-23(29)15-20/h3-15,17,19,30H,16,18H2,1-2H3,(H,31,33)(H,32,34)/t19-,28-/m1/s1. The van der Waals surface area contributed by atoms with Crippen LogP contribution in [-0.2, 0) is 22.6 Å². The molecular weight excluding hydrogens is 445 g/mol. The molecule has 0 saturated carbocycles. The van der Waals surface area contributed by atoms with Crippen LogP contribution in [0, 0.1) is 5.82 Å². The van der Waals surface area contributed by atoms with Gasteiger partial charge in [0.15, 0.2) is 0 Å². The number of aromatic amines is 1. The van der Waals surface area contributed by atoms with Gasteiger partial charge in [-0.1, -0.05) is 60.7 Å². The van der Waals surface area contributed by atoms with Crippen molar-refractivity contribution in [2.75, 3.05) is 0 Å². The van der Waals surface area contributed by atoms with E-state index in [4.69, 9.17) is 4.74 Å². The van der Waals surface area contributed by atoms with Gasteiger partial charge in [0.1, 0.15) is 18.0 Å². The normalized spacial score (nSPS) is 13.6. The van der Waals surface area contributed by atoms with Gasteiger partial charge in [0.05, 0.1) is 6.04 Å². The predicted molar refractivity (Wildman–Crippen MR) is 133 cm³/mol. The lowest BCUT2D eigenvalue weighted by molar-refractivity contribution is -0.127. The molecule has 4 aromatic rings. The molecular formula is C28H28FN3O3. The highest BCUT2D eigenvalue weighted by molar-refractivity contribution is 5.91. The number of para-hydroxylation sites is 1. The van der Waals surface area contributed by atoms with Crippen molar-refractivity contribution in [3.05, 3.63) is 108 Å². The van der Waals surface area contributed by atoms with Crippen LogP contribution in [0.2, 0.25) is 0 Å². The number of aromatic nitrogens is 1. The van der Waals surface area contributed by atoms with E-state index in [1.54, 1.807) is 19.1 Å². The molecule has 0 unspecified atom stereocenters. The fourth-order valence-corrected chi connectivity index (χ4v) is 4.06. The molecule has 0 aliphatic heterocycles. The summed E-state index contributed by atoms with van der Waals surface area (Å²) in [5.74, 6) is -0.758. The Morgan fingerprint density at radius 1 is 1.03 bits per heavy atom. The van der Waals surface area contributed by atoms with Gasteiger partial charge in [-0.05, 0) is 48.7 Å². The Labute approximate surface area is 203 Å². The highest BCUT2D eigenvalue weighted by atomic mass is 19.1. The van der Waals surface area contributed by atoms with E-state index in [2.05, 4.69) is 15.6 Å². The number of nitrogens with one attached hydrogen (secondary N) is 3. The maximum absolute atomic E-state index is 13.5. The van der Waals surface area contributed by atoms with Crippen molar-refractivity contribution in [2.45, 2.75) is 38.5 Å². The third kappa shape index (κ3) is 5.87. The van der Waals surface area contributed by atoms with Crippen molar-refractivity contribution in [1.29, 1.82) is 0 Å². The van der Waals surface area contributed by atoms with Crippen LogP contribution in [0.25, 0.3) is 10.9 Å². The van der Waals surface area contributed by atoms with Gasteiger partial charge in [-0.15, -0.1) is 0 Å². The number of H-pyrrole nitrogens is 1. The van der Waals surface area contributed by atoms with Crippen LogP contribution in [0.1, 0.15) is 36.6 Å². The highest BCUT2D eigenvalue weighted by Gasteiger charge is 2.37. The van der Waals surface area contributed by atoms with Gasteiger partial charge in [-0.25, -0.2) is 9.18 Å². The average molecular weight is 474 g/mol. The minimum Gasteiger partial charge on any atom is -0.445 e. The van der Waals surface area contributed by atoms with Crippen molar-refractivity contribution < 1.29 is 18.7 Å². The van der Waals surface area contributed by atoms with Gasteiger partial charge in [0, 0.05) is 23.5 Å². The molecule has 180 valence electrons. The minimum absolute atomic E-state index is 0.116. The molecule has 0 aliphatic carbocycles. The molecule has 1 aromatic heterocycles. The number of alkyl carbamates (subject to hydrolysis) is 1. The third-order valence-corrected chi connectivity index (χ3v) is 6.00. The van der Waals surface area contributed by atoms with Crippen LogP contribution in [0.5, 0.6) is 0 Å². The summed E-state index contributed by atoms with van der Waals surface area (Å²) in [4.78, 5) is 29.5. The van der Waals surface area contributed by atoms with E-state index in [-0.39, 0.29) is 25.0 Å². The number of amides is 2. The number of hydrogen-bond acceptors (Lipinski definition) is 3. The Bertz CT molecular complexity index is 1320. The van der Waals surface area contributed by atoms with Gasteiger partial charge in [0.2, 0.25) is 5.91 Å². The van der Waals surface area contributed by atoms with Gasteiger partial charge >= 0.3 is 6.09 Å². The number of halogens is 1. The summed E-state index contributed by atoms with van der Waals surface area (Å²) in [6.45, 7) is 3.45. The quantitative estimate of drug-likeness (QED) is 0.320. The smallest absolute Gasteiger partial charge is 0.408 e. The van der Waals surface area contributed by atoms with Crippen LogP contribution >= 0.6 is 0 Å². The summed E-state index contributed by atoms with van der Waals surface area (Å²) >= 11 is 0. The molecule has 0 radical (unpaired) electrons. The second-order valence-electron chi connectivity index (χ2n) is 8.81. The molecule has 0 bridgehead atoms. The minimum atomic E-state index is -1.31. The molecule has 7 heteroatoms. The molecule has 6 nitrogen and oxygen atoms in total. The molecule has 4 rings (SSSR count). The van der Waals surface area contributed by atoms with Crippen molar-refractivity contribution in [1.82, 2.24) is 15.6 Å². The fraction of sp³-hybridized carbons (Fsp3) is 0.214. The monoisotopic (exact) mass is 473 g/mol. The molecule has 0 fully saturated rings. The van der Waals surface area contributed by atoms with Crippen molar-refractivity contribution >= 4 is 22.9 Å². The summed E-state index contributed by atoms with van der Waals surface area (Å²) in [5.41, 5.74) is 1.98. The molecule has 0 saturated heterocycles. The first-order valence-electron chi connectivity index (χ1n) is 11.4. The van der Waals surface area contributed by atoms with Gasteiger partial charge in [-0.3, -0.25) is 4.79 Å². The van der Waals surface area contributed by atoms with Crippen molar-refractivity contribution in [3.63, 3.8) is 0 Å². The number of fused-ring (bicyclic) bond motifs is 1. The van der Waals surface area contributed by atoms with Crippen molar-refractivity contribution in [3.8, 4) is 0 Å². The van der Waals surface area contributed by atoms with Crippen LogP contribution in [0.15, 0.2) is 85.1 Å². The third-order valence-electron chi connectivity index (χ3n) is 6.00. The first-order chi connectivity index (χ1) is 16.8. The topological polar surface area (TPSA) is 83.2 Å². The summed E-state index contributed by atoms with van der Waals surface area (Å²) in [6.07, 6.45) is 1.31. The summed E-state index contributed by atoms with van der Waals surface area (Å²) in [7, 11) is 0. The van der Waals surface area contributed by atoms with Gasteiger partial charge in [0.25, 0.3) is 0 Å².